The third-order valence-electron chi connectivity index (χ3n) is 4.84. The highest BCUT2D eigenvalue weighted by Crippen LogP contribution is 2.11. The Bertz CT molecular complexity index is 789. The zero-order valence-electron chi connectivity index (χ0n) is 17.4. The van der Waals surface area contributed by atoms with Crippen molar-refractivity contribution in [1.29, 1.82) is 0 Å². The molecule has 1 aromatic heterocycles. The predicted molar refractivity (Wildman–Crippen MR) is 129 cm³/mol. The lowest BCUT2D eigenvalue weighted by Gasteiger charge is -2.14. The minimum absolute atomic E-state index is 0. The first-order valence-electron chi connectivity index (χ1n) is 10.2. The fourth-order valence-electron chi connectivity index (χ4n) is 3.25. The van der Waals surface area contributed by atoms with Crippen LogP contribution in [0.3, 0.4) is 0 Å². The van der Waals surface area contributed by atoms with Crippen LogP contribution in [0.2, 0.25) is 0 Å². The van der Waals surface area contributed by atoms with Crippen molar-refractivity contribution in [3.63, 3.8) is 0 Å². The number of ether oxygens (including phenoxy) is 1. The molecular weight excluding hydrogens is 495 g/mol. The summed E-state index contributed by atoms with van der Waals surface area (Å²) in [6.45, 7) is 2.94. The highest BCUT2D eigenvalue weighted by Gasteiger charge is 2.15. The average Bonchev–Trinajstić information content (AvgIpc) is 3.45. The Morgan fingerprint density at radius 3 is 2.70 bits per heavy atom. The number of carbonyl (C=O) groups excluding carboxylic acids is 1. The summed E-state index contributed by atoms with van der Waals surface area (Å²) in [4.78, 5) is 16.5. The van der Waals surface area contributed by atoms with Gasteiger partial charge in [0.1, 0.15) is 5.76 Å². The average molecular weight is 526 g/mol. The number of nitrogens with zero attached hydrogens (tertiary/aromatic N) is 1. The van der Waals surface area contributed by atoms with Gasteiger partial charge in [-0.3, -0.25) is 9.79 Å². The van der Waals surface area contributed by atoms with E-state index >= 15 is 0 Å². The van der Waals surface area contributed by atoms with Crippen LogP contribution in [-0.4, -0.2) is 51.3 Å². The number of benzene rings is 1. The van der Waals surface area contributed by atoms with Crippen LogP contribution in [-0.2, 0) is 17.6 Å². The lowest BCUT2D eigenvalue weighted by molar-refractivity contribution is 0.0963. The molecule has 7 nitrogen and oxygen atoms in total. The summed E-state index contributed by atoms with van der Waals surface area (Å²) in [5.41, 5.74) is 1.78. The minimum atomic E-state index is -0.0711. The van der Waals surface area contributed by atoms with Crippen molar-refractivity contribution in [1.82, 2.24) is 16.0 Å². The summed E-state index contributed by atoms with van der Waals surface area (Å²) in [6, 6.07) is 11.6. The first-order chi connectivity index (χ1) is 14.2. The summed E-state index contributed by atoms with van der Waals surface area (Å²) in [7, 11) is 1.64. The highest BCUT2D eigenvalue weighted by molar-refractivity contribution is 14.0. The summed E-state index contributed by atoms with van der Waals surface area (Å²) in [6.07, 6.45) is 5.66. The third kappa shape index (κ3) is 7.98. The van der Waals surface area contributed by atoms with E-state index in [2.05, 4.69) is 20.9 Å². The van der Waals surface area contributed by atoms with Crippen LogP contribution >= 0.6 is 24.0 Å². The molecule has 2 aromatic rings. The van der Waals surface area contributed by atoms with Crippen molar-refractivity contribution < 1.29 is 13.9 Å². The highest BCUT2D eigenvalue weighted by atomic mass is 127. The molecule has 1 aliphatic rings. The number of guanidine groups is 1. The van der Waals surface area contributed by atoms with E-state index in [9.17, 15) is 4.79 Å². The topological polar surface area (TPSA) is 87.9 Å². The molecule has 2 heterocycles. The molecule has 1 aliphatic heterocycles. The fraction of sp³-hybridized carbons (Fsp3) is 0.455. The molecule has 1 unspecified atom stereocenters. The van der Waals surface area contributed by atoms with Crippen LogP contribution in [0.25, 0.3) is 0 Å². The Labute approximate surface area is 195 Å². The second-order valence-electron chi connectivity index (χ2n) is 7.04. The summed E-state index contributed by atoms with van der Waals surface area (Å²) in [5.74, 6) is 1.65. The van der Waals surface area contributed by atoms with E-state index in [0.29, 0.717) is 12.1 Å². The molecule has 30 heavy (non-hydrogen) atoms. The Morgan fingerprint density at radius 2 is 2.00 bits per heavy atom. The quantitative estimate of drug-likeness (QED) is 0.266. The van der Waals surface area contributed by atoms with Crippen molar-refractivity contribution in [3.05, 3.63) is 59.5 Å². The van der Waals surface area contributed by atoms with Gasteiger partial charge in [-0.05, 0) is 49.1 Å². The largest absolute Gasteiger partial charge is 0.469 e. The molecule has 0 spiro atoms. The molecule has 3 N–H and O–H groups in total. The van der Waals surface area contributed by atoms with Crippen LogP contribution in [0.5, 0.6) is 0 Å². The number of furan rings is 1. The van der Waals surface area contributed by atoms with E-state index in [4.69, 9.17) is 9.15 Å². The van der Waals surface area contributed by atoms with Crippen LogP contribution in [0.15, 0.2) is 52.1 Å². The zero-order valence-corrected chi connectivity index (χ0v) is 19.7. The van der Waals surface area contributed by atoms with Gasteiger partial charge >= 0.3 is 0 Å². The van der Waals surface area contributed by atoms with Crippen LogP contribution in [0, 0.1) is 0 Å². The van der Waals surface area contributed by atoms with Crippen molar-refractivity contribution in [2.75, 3.05) is 33.3 Å². The van der Waals surface area contributed by atoms with Gasteiger partial charge in [-0.25, -0.2) is 0 Å². The summed E-state index contributed by atoms with van der Waals surface area (Å²) < 4.78 is 11.1. The number of hydrogen-bond donors (Lipinski definition) is 3. The van der Waals surface area contributed by atoms with E-state index < -0.39 is 0 Å². The van der Waals surface area contributed by atoms with Gasteiger partial charge in [0.2, 0.25) is 0 Å². The van der Waals surface area contributed by atoms with Crippen molar-refractivity contribution >= 4 is 35.8 Å². The Hall–Kier alpha value is -2.07. The van der Waals surface area contributed by atoms with E-state index in [0.717, 1.165) is 62.7 Å². The van der Waals surface area contributed by atoms with Crippen molar-refractivity contribution in [2.45, 2.75) is 31.8 Å². The predicted octanol–water partition coefficient (Wildman–Crippen LogP) is 2.76. The van der Waals surface area contributed by atoms with Gasteiger partial charge < -0.3 is 25.1 Å². The number of carbonyl (C=O) groups is 1. The van der Waals surface area contributed by atoms with Crippen LogP contribution < -0.4 is 16.0 Å². The Balaban J connectivity index is 0.00000320. The lowest BCUT2D eigenvalue weighted by Crippen LogP contribution is -2.40. The molecule has 1 fully saturated rings. The molecule has 1 saturated heterocycles. The molecule has 0 radical (unpaired) electrons. The first kappa shape index (κ1) is 24.2. The van der Waals surface area contributed by atoms with Gasteiger partial charge in [-0.15, -0.1) is 24.0 Å². The van der Waals surface area contributed by atoms with Crippen molar-refractivity contribution in [2.24, 2.45) is 4.99 Å². The molecule has 8 heteroatoms. The van der Waals surface area contributed by atoms with Gasteiger partial charge in [0.25, 0.3) is 5.91 Å². The molecule has 0 saturated carbocycles. The fourth-order valence-corrected chi connectivity index (χ4v) is 3.25. The van der Waals surface area contributed by atoms with Gasteiger partial charge in [0.15, 0.2) is 5.96 Å². The Kier molecular flexibility index (Phi) is 10.7. The first-order valence-corrected chi connectivity index (χ1v) is 10.2. The molecule has 164 valence electrons. The SMILES string of the molecule is CNC(=O)c1cccc(CCNC(=NCC2CCCO2)NCCc2ccco2)c1.I. The van der Waals surface area contributed by atoms with Gasteiger partial charge in [0, 0.05) is 38.7 Å². The smallest absolute Gasteiger partial charge is 0.251 e. The monoisotopic (exact) mass is 526 g/mol. The zero-order chi connectivity index (χ0) is 20.3. The maximum absolute atomic E-state index is 11.8. The molecule has 1 amide bonds. The van der Waals surface area contributed by atoms with E-state index in [1.54, 1.807) is 13.3 Å². The number of halogens is 1. The maximum Gasteiger partial charge on any atom is 0.251 e. The van der Waals surface area contributed by atoms with Crippen LogP contribution in [0.1, 0.15) is 34.5 Å². The minimum Gasteiger partial charge on any atom is -0.469 e. The van der Waals surface area contributed by atoms with Gasteiger partial charge in [-0.2, -0.15) is 0 Å². The third-order valence-corrected chi connectivity index (χ3v) is 4.84. The van der Waals surface area contributed by atoms with Gasteiger partial charge in [-0.1, -0.05) is 12.1 Å². The van der Waals surface area contributed by atoms with E-state index in [1.807, 2.05) is 36.4 Å². The number of nitrogens with one attached hydrogen (secondary N) is 3. The number of aliphatic imine (C=N–C) groups is 1. The van der Waals surface area contributed by atoms with Gasteiger partial charge in [0.05, 0.1) is 18.9 Å². The van der Waals surface area contributed by atoms with E-state index in [1.165, 1.54) is 0 Å². The second-order valence-corrected chi connectivity index (χ2v) is 7.04. The maximum atomic E-state index is 11.8. The Morgan fingerprint density at radius 1 is 1.17 bits per heavy atom. The second kappa shape index (κ2) is 13.3. The standard InChI is InChI=1S/C22H30N4O3.HI/c1-23-21(27)18-6-2-5-17(15-18)9-11-24-22(26-16-20-8-4-14-29-20)25-12-10-19-7-3-13-28-19;/h2-3,5-7,13,15,20H,4,8-12,14,16H2,1H3,(H,23,27)(H2,24,25,26);1H. The lowest BCUT2D eigenvalue weighted by atomic mass is 10.1. The van der Waals surface area contributed by atoms with Crippen molar-refractivity contribution in [3.8, 4) is 0 Å². The molecular formula is C22H31IN4O3. The number of hydrogen-bond acceptors (Lipinski definition) is 4. The normalized spacial score (nSPS) is 16.0. The summed E-state index contributed by atoms with van der Waals surface area (Å²) in [5, 5.41) is 9.41. The molecule has 1 atom stereocenters. The summed E-state index contributed by atoms with van der Waals surface area (Å²) >= 11 is 0. The number of rotatable bonds is 9. The van der Waals surface area contributed by atoms with Crippen LogP contribution in [0.4, 0.5) is 0 Å². The molecule has 0 bridgehead atoms. The van der Waals surface area contributed by atoms with E-state index in [-0.39, 0.29) is 36.0 Å². The number of amides is 1. The molecule has 0 aliphatic carbocycles. The molecule has 3 rings (SSSR count). The molecule has 1 aromatic carbocycles.